The second-order valence-electron chi connectivity index (χ2n) is 6.98. The van der Waals surface area contributed by atoms with Gasteiger partial charge in [-0.3, -0.25) is 14.4 Å². The van der Waals surface area contributed by atoms with Crippen LogP contribution >= 0.6 is 0 Å². The van der Waals surface area contributed by atoms with Gasteiger partial charge in [0.15, 0.2) is 5.76 Å². The SMILES string of the molecule is O=C(c1ccco1)N1CCN(C(=O)[C@H]2CC(=O)N(c3ccc(F)cc3)C2)CC1. The van der Waals surface area contributed by atoms with Gasteiger partial charge in [-0.15, -0.1) is 0 Å². The molecule has 8 heteroatoms. The highest BCUT2D eigenvalue weighted by molar-refractivity contribution is 6.00. The number of carbonyl (C=O) groups is 3. The Morgan fingerprint density at radius 3 is 2.32 bits per heavy atom. The first kappa shape index (κ1) is 18.2. The summed E-state index contributed by atoms with van der Waals surface area (Å²) < 4.78 is 18.2. The first-order valence-corrected chi connectivity index (χ1v) is 9.20. The maximum absolute atomic E-state index is 13.1. The van der Waals surface area contributed by atoms with Gasteiger partial charge in [0.2, 0.25) is 11.8 Å². The van der Waals surface area contributed by atoms with E-state index < -0.39 is 5.92 Å². The number of halogens is 1. The summed E-state index contributed by atoms with van der Waals surface area (Å²) in [5.41, 5.74) is 0.593. The fourth-order valence-electron chi connectivity index (χ4n) is 3.69. The largest absolute Gasteiger partial charge is 0.459 e. The molecule has 0 bridgehead atoms. The maximum atomic E-state index is 13.1. The summed E-state index contributed by atoms with van der Waals surface area (Å²) in [6.07, 6.45) is 1.60. The number of nitrogens with zero attached hydrogens (tertiary/aromatic N) is 3. The van der Waals surface area contributed by atoms with Crippen LogP contribution in [-0.2, 0) is 9.59 Å². The van der Waals surface area contributed by atoms with Crippen LogP contribution in [0.25, 0.3) is 0 Å². The Labute approximate surface area is 161 Å². The quantitative estimate of drug-likeness (QED) is 0.807. The molecule has 2 aromatic rings. The second kappa shape index (κ2) is 7.46. The molecule has 0 aliphatic carbocycles. The Morgan fingerprint density at radius 1 is 1.00 bits per heavy atom. The highest BCUT2D eigenvalue weighted by Crippen LogP contribution is 2.27. The predicted molar refractivity (Wildman–Crippen MR) is 98.1 cm³/mol. The summed E-state index contributed by atoms with van der Waals surface area (Å²) in [6.45, 7) is 1.98. The van der Waals surface area contributed by atoms with Crippen molar-refractivity contribution in [3.63, 3.8) is 0 Å². The number of hydrogen-bond acceptors (Lipinski definition) is 4. The van der Waals surface area contributed by atoms with E-state index in [1.807, 2.05) is 0 Å². The van der Waals surface area contributed by atoms with Crippen molar-refractivity contribution in [3.8, 4) is 0 Å². The third-order valence-electron chi connectivity index (χ3n) is 5.22. The van der Waals surface area contributed by atoms with E-state index in [-0.39, 0.29) is 42.3 Å². The molecule has 146 valence electrons. The molecule has 7 nitrogen and oxygen atoms in total. The molecule has 0 saturated carbocycles. The molecule has 3 heterocycles. The molecule has 3 amide bonds. The summed E-state index contributed by atoms with van der Waals surface area (Å²) in [5.74, 6) is -0.916. The second-order valence-corrected chi connectivity index (χ2v) is 6.98. The third kappa shape index (κ3) is 3.49. The zero-order valence-electron chi connectivity index (χ0n) is 15.2. The number of hydrogen-bond donors (Lipinski definition) is 0. The van der Waals surface area contributed by atoms with Crippen molar-refractivity contribution >= 4 is 23.4 Å². The van der Waals surface area contributed by atoms with Crippen molar-refractivity contribution in [2.75, 3.05) is 37.6 Å². The number of anilines is 1. The molecule has 0 spiro atoms. The first-order chi connectivity index (χ1) is 13.5. The molecule has 4 rings (SSSR count). The highest BCUT2D eigenvalue weighted by atomic mass is 19.1. The Hall–Kier alpha value is -3.16. The molecule has 2 saturated heterocycles. The molecule has 0 N–H and O–H groups in total. The van der Waals surface area contributed by atoms with Crippen molar-refractivity contribution in [1.29, 1.82) is 0 Å². The van der Waals surface area contributed by atoms with E-state index in [0.29, 0.717) is 31.9 Å². The van der Waals surface area contributed by atoms with Crippen LogP contribution in [-0.4, -0.2) is 60.2 Å². The van der Waals surface area contributed by atoms with E-state index in [1.165, 1.54) is 23.3 Å². The van der Waals surface area contributed by atoms with Crippen LogP contribution in [0.5, 0.6) is 0 Å². The van der Waals surface area contributed by atoms with Gasteiger partial charge in [-0.25, -0.2) is 4.39 Å². The van der Waals surface area contributed by atoms with Crippen molar-refractivity contribution in [2.45, 2.75) is 6.42 Å². The lowest BCUT2D eigenvalue weighted by atomic mass is 10.1. The van der Waals surface area contributed by atoms with Crippen LogP contribution in [0.2, 0.25) is 0 Å². The number of benzene rings is 1. The lowest BCUT2D eigenvalue weighted by Crippen LogP contribution is -2.52. The Balaban J connectivity index is 1.35. The molecule has 0 unspecified atom stereocenters. The fourth-order valence-corrected chi connectivity index (χ4v) is 3.69. The summed E-state index contributed by atoms with van der Waals surface area (Å²) in [7, 11) is 0. The van der Waals surface area contributed by atoms with Crippen molar-refractivity contribution in [2.24, 2.45) is 5.92 Å². The standard InChI is InChI=1S/C20H20FN3O4/c21-15-3-5-16(6-4-15)24-13-14(12-18(24)25)19(26)22-7-9-23(10-8-22)20(27)17-2-1-11-28-17/h1-6,11,14H,7-10,12-13H2/t14-/m0/s1. The Bertz CT molecular complexity index is 873. The normalized spacial score (nSPS) is 20.0. The monoisotopic (exact) mass is 385 g/mol. The van der Waals surface area contributed by atoms with E-state index in [4.69, 9.17) is 4.42 Å². The topological polar surface area (TPSA) is 74.1 Å². The Kier molecular flexibility index (Phi) is 4.85. The molecule has 1 atom stereocenters. The van der Waals surface area contributed by atoms with Gasteiger partial charge < -0.3 is 19.1 Å². The molecule has 2 fully saturated rings. The maximum Gasteiger partial charge on any atom is 0.289 e. The molecular weight excluding hydrogens is 365 g/mol. The number of amides is 3. The van der Waals surface area contributed by atoms with Gasteiger partial charge in [0.1, 0.15) is 5.82 Å². The van der Waals surface area contributed by atoms with Crippen molar-refractivity contribution in [1.82, 2.24) is 9.80 Å². The number of furan rings is 1. The third-order valence-corrected chi connectivity index (χ3v) is 5.22. The molecule has 0 radical (unpaired) electrons. The summed E-state index contributed by atoms with van der Waals surface area (Å²) in [6, 6.07) is 8.96. The highest BCUT2D eigenvalue weighted by Gasteiger charge is 2.38. The number of carbonyl (C=O) groups excluding carboxylic acids is 3. The van der Waals surface area contributed by atoms with Gasteiger partial charge in [-0.2, -0.15) is 0 Å². The van der Waals surface area contributed by atoms with Crippen LogP contribution in [0.4, 0.5) is 10.1 Å². The lowest BCUT2D eigenvalue weighted by molar-refractivity contribution is -0.137. The van der Waals surface area contributed by atoms with Crippen LogP contribution in [0.15, 0.2) is 47.1 Å². The first-order valence-electron chi connectivity index (χ1n) is 9.20. The zero-order chi connectivity index (χ0) is 19.7. The van der Waals surface area contributed by atoms with Crippen LogP contribution in [0, 0.1) is 11.7 Å². The van der Waals surface area contributed by atoms with Gasteiger partial charge in [0.25, 0.3) is 5.91 Å². The van der Waals surface area contributed by atoms with E-state index >= 15 is 0 Å². The fraction of sp³-hybridized carbons (Fsp3) is 0.350. The summed E-state index contributed by atoms with van der Waals surface area (Å²) in [5, 5.41) is 0. The minimum absolute atomic E-state index is 0.0805. The molecule has 1 aromatic heterocycles. The lowest BCUT2D eigenvalue weighted by Gasteiger charge is -2.35. The van der Waals surface area contributed by atoms with Gasteiger partial charge in [0.05, 0.1) is 12.2 Å². The van der Waals surface area contributed by atoms with Gasteiger partial charge in [0, 0.05) is 44.8 Å². The minimum atomic E-state index is -0.426. The average molecular weight is 385 g/mol. The molecule has 2 aliphatic heterocycles. The summed E-state index contributed by atoms with van der Waals surface area (Å²) in [4.78, 5) is 42.4. The molecule has 28 heavy (non-hydrogen) atoms. The van der Waals surface area contributed by atoms with Crippen molar-refractivity contribution in [3.05, 3.63) is 54.2 Å². The van der Waals surface area contributed by atoms with Crippen LogP contribution in [0.1, 0.15) is 17.0 Å². The minimum Gasteiger partial charge on any atom is -0.459 e. The van der Waals surface area contributed by atoms with Gasteiger partial charge >= 0.3 is 0 Å². The van der Waals surface area contributed by atoms with E-state index in [2.05, 4.69) is 0 Å². The summed E-state index contributed by atoms with van der Waals surface area (Å²) >= 11 is 0. The van der Waals surface area contributed by atoms with Crippen LogP contribution in [0.3, 0.4) is 0 Å². The number of rotatable bonds is 3. The smallest absolute Gasteiger partial charge is 0.289 e. The number of piperazine rings is 1. The molecular formula is C20H20FN3O4. The van der Waals surface area contributed by atoms with Gasteiger partial charge in [-0.1, -0.05) is 0 Å². The zero-order valence-corrected chi connectivity index (χ0v) is 15.2. The van der Waals surface area contributed by atoms with Crippen LogP contribution < -0.4 is 4.90 Å². The van der Waals surface area contributed by atoms with Gasteiger partial charge in [-0.05, 0) is 36.4 Å². The van der Waals surface area contributed by atoms with E-state index in [0.717, 1.165) is 0 Å². The van der Waals surface area contributed by atoms with E-state index in [1.54, 1.807) is 34.1 Å². The average Bonchev–Trinajstić information content (AvgIpc) is 3.38. The molecule has 2 aliphatic rings. The van der Waals surface area contributed by atoms with E-state index in [9.17, 15) is 18.8 Å². The molecule has 1 aromatic carbocycles. The van der Waals surface area contributed by atoms with Crippen molar-refractivity contribution < 1.29 is 23.2 Å². The predicted octanol–water partition coefficient (Wildman–Crippen LogP) is 1.76. The Morgan fingerprint density at radius 2 is 1.68 bits per heavy atom.